The van der Waals surface area contributed by atoms with Gasteiger partial charge < -0.3 is 10.3 Å². The molecule has 0 radical (unpaired) electrons. The third-order valence-electron chi connectivity index (χ3n) is 2.70. The highest BCUT2D eigenvalue weighted by Gasteiger charge is 2.31. The van der Waals surface area contributed by atoms with E-state index in [0.717, 1.165) is 12.1 Å². The number of anilines is 1. The molecule has 0 amide bonds. The number of benzene rings is 1. The number of alkyl halides is 3. The summed E-state index contributed by atoms with van der Waals surface area (Å²) in [7, 11) is 0. The lowest BCUT2D eigenvalue weighted by atomic mass is 10.1. The Labute approximate surface area is 120 Å². The lowest BCUT2D eigenvalue weighted by molar-refractivity contribution is -0.137. The van der Waals surface area contributed by atoms with Crippen molar-refractivity contribution in [3.63, 3.8) is 0 Å². The van der Waals surface area contributed by atoms with E-state index < -0.39 is 11.7 Å². The first-order valence-electron chi connectivity index (χ1n) is 5.64. The molecule has 0 aliphatic heterocycles. The van der Waals surface area contributed by atoms with Gasteiger partial charge >= 0.3 is 6.18 Å². The maximum absolute atomic E-state index is 12.6. The summed E-state index contributed by atoms with van der Waals surface area (Å²) in [5.74, 6) is 0.301. The number of halogens is 3. The molecule has 3 rings (SSSR count). The van der Waals surface area contributed by atoms with Gasteiger partial charge in [0.1, 0.15) is 5.69 Å². The zero-order valence-corrected chi connectivity index (χ0v) is 11.1. The van der Waals surface area contributed by atoms with Crippen molar-refractivity contribution in [2.24, 2.45) is 0 Å². The number of thiazole rings is 1. The second-order valence-electron chi connectivity index (χ2n) is 4.10. The predicted octanol–water partition coefficient (Wildman–Crippen LogP) is 3.46. The molecule has 108 valence electrons. The number of hydrogen-bond acceptors (Lipinski definition) is 6. The van der Waals surface area contributed by atoms with E-state index >= 15 is 0 Å². The van der Waals surface area contributed by atoms with Crippen molar-refractivity contribution in [2.75, 3.05) is 5.73 Å². The maximum atomic E-state index is 12.6. The maximum Gasteiger partial charge on any atom is 0.416 e. The first-order chi connectivity index (χ1) is 9.95. The molecule has 1 aromatic carbocycles. The molecule has 0 spiro atoms. The molecule has 2 N–H and O–H groups in total. The van der Waals surface area contributed by atoms with E-state index in [-0.39, 0.29) is 23.0 Å². The van der Waals surface area contributed by atoms with Crippen LogP contribution in [-0.4, -0.2) is 15.1 Å². The van der Waals surface area contributed by atoms with Gasteiger partial charge in [0.25, 0.3) is 5.89 Å². The molecule has 0 fully saturated rings. The predicted molar refractivity (Wildman–Crippen MR) is 70.3 cm³/mol. The van der Waals surface area contributed by atoms with E-state index in [4.69, 9.17) is 10.3 Å². The second kappa shape index (κ2) is 4.85. The second-order valence-corrected chi connectivity index (χ2v) is 4.82. The van der Waals surface area contributed by atoms with Crippen LogP contribution in [0, 0.1) is 0 Å². The molecule has 3 aromatic rings. The van der Waals surface area contributed by atoms with E-state index in [1.807, 2.05) is 0 Å². The molecule has 0 aliphatic rings. The quantitative estimate of drug-likeness (QED) is 0.733. The fraction of sp³-hybridized carbons (Fsp3) is 0.0833. The molecule has 0 atom stereocenters. The van der Waals surface area contributed by atoms with Crippen molar-refractivity contribution in [3.05, 3.63) is 34.7 Å². The van der Waals surface area contributed by atoms with Gasteiger partial charge in [0.15, 0.2) is 0 Å². The molecular formula is C12H7F3N4OS. The third kappa shape index (κ3) is 2.59. The zero-order valence-electron chi connectivity index (χ0n) is 10.3. The molecule has 0 unspecified atom stereocenters. The van der Waals surface area contributed by atoms with Gasteiger partial charge in [0.2, 0.25) is 5.82 Å². The zero-order chi connectivity index (χ0) is 15.0. The van der Waals surface area contributed by atoms with Crippen LogP contribution in [-0.2, 0) is 6.18 Å². The molecule has 5 nitrogen and oxygen atoms in total. The van der Waals surface area contributed by atoms with Crippen LogP contribution in [0.1, 0.15) is 5.56 Å². The number of nitrogen functional groups attached to an aromatic ring is 1. The minimum atomic E-state index is -4.45. The fourth-order valence-corrected chi connectivity index (χ4v) is 2.22. The summed E-state index contributed by atoms with van der Waals surface area (Å²) in [6.07, 6.45) is -4.45. The van der Waals surface area contributed by atoms with Gasteiger partial charge in [0, 0.05) is 11.1 Å². The van der Waals surface area contributed by atoms with Crippen molar-refractivity contribution in [2.45, 2.75) is 6.18 Å². The number of rotatable bonds is 2. The van der Waals surface area contributed by atoms with Gasteiger partial charge in [-0.2, -0.15) is 18.2 Å². The summed E-state index contributed by atoms with van der Waals surface area (Å²) in [5, 5.41) is 5.45. The monoisotopic (exact) mass is 312 g/mol. The van der Waals surface area contributed by atoms with Crippen molar-refractivity contribution >= 4 is 17.0 Å². The van der Waals surface area contributed by atoms with Crippen LogP contribution in [0.25, 0.3) is 23.0 Å². The van der Waals surface area contributed by atoms with Crippen molar-refractivity contribution in [1.29, 1.82) is 0 Å². The molecule has 0 bridgehead atoms. The summed E-state index contributed by atoms with van der Waals surface area (Å²) in [6.45, 7) is 0. The Balaban J connectivity index is 1.98. The highest BCUT2D eigenvalue weighted by molar-refractivity contribution is 7.07. The molecule has 0 saturated carbocycles. The minimum absolute atomic E-state index is 0.0456. The van der Waals surface area contributed by atoms with Crippen molar-refractivity contribution in [3.8, 4) is 23.0 Å². The first kappa shape index (κ1) is 13.6. The molecule has 0 aliphatic carbocycles. The summed E-state index contributed by atoms with van der Waals surface area (Å²) in [4.78, 5) is 8.10. The Morgan fingerprint density at radius 1 is 1.24 bits per heavy atom. The van der Waals surface area contributed by atoms with E-state index in [9.17, 15) is 13.2 Å². The van der Waals surface area contributed by atoms with Crippen LogP contribution >= 0.6 is 11.3 Å². The summed E-state index contributed by atoms with van der Waals surface area (Å²) in [5.41, 5.74) is 7.11. The largest absolute Gasteiger partial charge is 0.416 e. The van der Waals surface area contributed by atoms with Gasteiger partial charge in [0.05, 0.1) is 16.6 Å². The Bertz CT molecular complexity index is 767. The molecular weight excluding hydrogens is 305 g/mol. The smallest absolute Gasteiger partial charge is 0.398 e. The van der Waals surface area contributed by atoms with Crippen LogP contribution in [0.15, 0.2) is 33.6 Å². The van der Waals surface area contributed by atoms with Gasteiger partial charge in [-0.1, -0.05) is 5.16 Å². The van der Waals surface area contributed by atoms with Crippen LogP contribution in [0.3, 0.4) is 0 Å². The van der Waals surface area contributed by atoms with Gasteiger partial charge in [-0.25, -0.2) is 4.98 Å². The van der Waals surface area contributed by atoms with E-state index in [0.29, 0.717) is 5.69 Å². The fourth-order valence-electron chi connectivity index (χ4n) is 1.69. The van der Waals surface area contributed by atoms with Gasteiger partial charge in [-0.05, 0) is 18.2 Å². The van der Waals surface area contributed by atoms with Crippen LogP contribution in [0.4, 0.5) is 18.9 Å². The normalized spacial score (nSPS) is 11.8. The number of aromatic nitrogens is 3. The van der Waals surface area contributed by atoms with Crippen LogP contribution < -0.4 is 5.73 Å². The van der Waals surface area contributed by atoms with Crippen LogP contribution in [0.5, 0.6) is 0 Å². The standard InChI is InChI=1S/C12H7F3N4OS/c13-12(14,15)6-1-2-7(8(16)3-6)11-18-10(19-20-11)9-4-21-5-17-9/h1-5H,16H2. The number of nitrogens with zero attached hydrogens (tertiary/aromatic N) is 3. The van der Waals surface area contributed by atoms with E-state index in [2.05, 4.69) is 15.1 Å². The number of nitrogens with two attached hydrogens (primary N) is 1. The third-order valence-corrected chi connectivity index (χ3v) is 3.28. The Kier molecular flexibility index (Phi) is 3.13. The van der Waals surface area contributed by atoms with Gasteiger partial charge in [-0.3, -0.25) is 0 Å². The molecule has 21 heavy (non-hydrogen) atoms. The lowest BCUT2D eigenvalue weighted by Gasteiger charge is -2.08. The molecule has 2 heterocycles. The van der Waals surface area contributed by atoms with E-state index in [1.165, 1.54) is 17.4 Å². The SMILES string of the molecule is Nc1cc(C(F)(F)F)ccc1-c1nc(-c2cscn2)no1. The average Bonchev–Trinajstić information content (AvgIpc) is 3.08. The molecule has 0 saturated heterocycles. The summed E-state index contributed by atoms with van der Waals surface area (Å²) < 4.78 is 42.8. The summed E-state index contributed by atoms with van der Waals surface area (Å²) >= 11 is 1.36. The van der Waals surface area contributed by atoms with Crippen molar-refractivity contribution in [1.82, 2.24) is 15.1 Å². The highest BCUT2D eigenvalue weighted by atomic mass is 32.1. The molecule has 2 aromatic heterocycles. The topological polar surface area (TPSA) is 77.8 Å². The van der Waals surface area contributed by atoms with Gasteiger partial charge in [-0.15, -0.1) is 11.3 Å². The average molecular weight is 312 g/mol. The number of hydrogen-bond donors (Lipinski definition) is 1. The minimum Gasteiger partial charge on any atom is -0.398 e. The Morgan fingerprint density at radius 2 is 2.05 bits per heavy atom. The Morgan fingerprint density at radius 3 is 2.67 bits per heavy atom. The highest BCUT2D eigenvalue weighted by Crippen LogP contribution is 2.34. The van der Waals surface area contributed by atoms with Crippen molar-refractivity contribution < 1.29 is 17.7 Å². The molecule has 9 heteroatoms. The van der Waals surface area contributed by atoms with E-state index in [1.54, 1.807) is 10.9 Å². The lowest BCUT2D eigenvalue weighted by Crippen LogP contribution is -2.06. The first-order valence-corrected chi connectivity index (χ1v) is 6.59. The summed E-state index contributed by atoms with van der Waals surface area (Å²) in [6, 6.07) is 2.96. The Hall–Kier alpha value is -2.42. The van der Waals surface area contributed by atoms with Crippen LogP contribution in [0.2, 0.25) is 0 Å².